The van der Waals surface area contributed by atoms with Crippen LogP contribution in [0.25, 0.3) is 0 Å². The molecule has 0 radical (unpaired) electrons. The Hall–Kier alpha value is -1.02. The van der Waals surface area contributed by atoms with Crippen LogP contribution in [-0.4, -0.2) is 32.8 Å². The highest BCUT2D eigenvalue weighted by Crippen LogP contribution is 2.11. The second-order valence-corrected chi connectivity index (χ2v) is 3.97. The summed E-state index contributed by atoms with van der Waals surface area (Å²) in [6.07, 6.45) is 1.96. The number of halogens is 1. The molecule has 0 aliphatic carbocycles. The molecule has 90 valence electrons. The second-order valence-electron chi connectivity index (χ2n) is 3.26. The van der Waals surface area contributed by atoms with Crippen LogP contribution in [0.15, 0.2) is 4.73 Å². The number of rotatable bonds is 7. The van der Waals surface area contributed by atoms with Gasteiger partial charge in [-0.05, 0) is 35.8 Å². The van der Waals surface area contributed by atoms with Gasteiger partial charge in [0.05, 0.1) is 6.54 Å². The topological polar surface area (TPSA) is 85.9 Å². The average molecular weight is 292 g/mol. The molecule has 0 saturated carbocycles. The summed E-state index contributed by atoms with van der Waals surface area (Å²) >= 11 is 3.13. The number of nitro groups is 1. The maximum Gasteiger partial charge on any atom is 0.492 e. The van der Waals surface area contributed by atoms with Crippen molar-refractivity contribution in [3.8, 4) is 0 Å². The van der Waals surface area contributed by atoms with E-state index in [4.69, 9.17) is 0 Å². The van der Waals surface area contributed by atoms with E-state index in [2.05, 4.69) is 38.3 Å². The molecular weight excluding hydrogens is 278 g/mol. The summed E-state index contributed by atoms with van der Waals surface area (Å²) in [6.45, 7) is 4.56. The molecule has 0 unspecified atom stereocenters. The first kappa shape index (κ1) is 13.0. The van der Waals surface area contributed by atoms with Crippen molar-refractivity contribution in [3.63, 3.8) is 0 Å². The van der Waals surface area contributed by atoms with Crippen molar-refractivity contribution in [2.75, 3.05) is 13.1 Å². The molecule has 0 aliphatic rings. The quantitative estimate of drug-likeness (QED) is 0.465. The number of nitrogens with one attached hydrogen (secondary N) is 1. The first-order valence-electron chi connectivity index (χ1n) is 5.10. The summed E-state index contributed by atoms with van der Waals surface area (Å²) in [5, 5.41) is 17.4. The molecule has 1 rings (SSSR count). The van der Waals surface area contributed by atoms with Gasteiger partial charge in [-0.3, -0.25) is 0 Å². The molecule has 0 saturated heterocycles. The van der Waals surface area contributed by atoms with E-state index in [0.717, 1.165) is 25.9 Å². The molecular formula is C8H14BrN5O2. The van der Waals surface area contributed by atoms with E-state index in [1.165, 1.54) is 4.68 Å². The maximum atomic E-state index is 10.4. The van der Waals surface area contributed by atoms with Gasteiger partial charge in [0.2, 0.25) is 0 Å². The molecule has 1 aromatic heterocycles. The van der Waals surface area contributed by atoms with Crippen LogP contribution in [0.3, 0.4) is 0 Å². The highest BCUT2D eigenvalue weighted by atomic mass is 79.9. The zero-order valence-electron chi connectivity index (χ0n) is 9.02. The molecule has 0 fully saturated rings. The van der Waals surface area contributed by atoms with E-state index < -0.39 is 4.92 Å². The van der Waals surface area contributed by atoms with Crippen molar-refractivity contribution in [2.45, 2.75) is 26.3 Å². The Balaban J connectivity index is 2.39. The summed E-state index contributed by atoms with van der Waals surface area (Å²) in [4.78, 5) is 13.5. The van der Waals surface area contributed by atoms with Crippen molar-refractivity contribution in [1.29, 1.82) is 0 Å². The number of aryl methyl sites for hydroxylation is 1. The zero-order valence-corrected chi connectivity index (χ0v) is 10.6. The minimum Gasteiger partial charge on any atom is -0.390 e. The van der Waals surface area contributed by atoms with Crippen LogP contribution in [0.4, 0.5) is 5.95 Å². The monoisotopic (exact) mass is 291 g/mol. The first-order chi connectivity index (χ1) is 7.65. The molecule has 16 heavy (non-hydrogen) atoms. The molecule has 1 N–H and O–H groups in total. The molecule has 0 aromatic carbocycles. The van der Waals surface area contributed by atoms with E-state index in [1.807, 2.05) is 0 Å². The normalized spacial score (nSPS) is 10.6. The summed E-state index contributed by atoms with van der Waals surface area (Å²) < 4.78 is 1.89. The number of aromatic nitrogens is 3. The number of nitrogens with zero attached hydrogens (tertiary/aromatic N) is 4. The van der Waals surface area contributed by atoms with Crippen LogP contribution in [0.1, 0.15) is 19.8 Å². The predicted octanol–water partition coefficient (Wildman–Crippen LogP) is 1.34. The van der Waals surface area contributed by atoms with Crippen LogP contribution in [0.5, 0.6) is 0 Å². The summed E-state index contributed by atoms with van der Waals surface area (Å²) in [5.74, 6) is -0.367. The Kier molecular flexibility index (Phi) is 5.33. The molecule has 0 bridgehead atoms. The lowest BCUT2D eigenvalue weighted by Crippen LogP contribution is -2.17. The van der Waals surface area contributed by atoms with Crippen LogP contribution < -0.4 is 5.32 Å². The van der Waals surface area contributed by atoms with Crippen molar-refractivity contribution >= 4 is 21.9 Å². The Morgan fingerprint density at radius 2 is 2.31 bits per heavy atom. The first-order valence-corrected chi connectivity index (χ1v) is 5.90. The Bertz CT molecular complexity index is 354. The summed E-state index contributed by atoms with van der Waals surface area (Å²) in [7, 11) is 0. The number of hydrogen-bond donors (Lipinski definition) is 1. The van der Waals surface area contributed by atoms with E-state index in [-0.39, 0.29) is 5.95 Å². The molecule has 8 heteroatoms. The zero-order chi connectivity index (χ0) is 12.0. The highest BCUT2D eigenvalue weighted by molar-refractivity contribution is 9.10. The van der Waals surface area contributed by atoms with Crippen LogP contribution in [-0.2, 0) is 6.54 Å². The fraction of sp³-hybridized carbons (Fsp3) is 0.750. The van der Waals surface area contributed by atoms with Gasteiger partial charge < -0.3 is 15.4 Å². The average Bonchev–Trinajstić information content (AvgIpc) is 2.60. The third-order valence-corrected chi connectivity index (χ3v) is 2.52. The van der Waals surface area contributed by atoms with Crippen LogP contribution >= 0.6 is 15.9 Å². The molecule has 1 aromatic rings. The van der Waals surface area contributed by atoms with Gasteiger partial charge in [-0.1, -0.05) is 6.92 Å². The molecule has 0 amide bonds. The fourth-order valence-electron chi connectivity index (χ4n) is 1.19. The number of hydrogen-bond acceptors (Lipinski definition) is 5. The van der Waals surface area contributed by atoms with Gasteiger partial charge in [0.25, 0.3) is 4.73 Å². The van der Waals surface area contributed by atoms with Gasteiger partial charge >= 0.3 is 5.95 Å². The third kappa shape index (κ3) is 3.86. The van der Waals surface area contributed by atoms with E-state index in [9.17, 15) is 10.1 Å². The van der Waals surface area contributed by atoms with E-state index in [0.29, 0.717) is 11.3 Å². The maximum absolute atomic E-state index is 10.4. The third-order valence-electron chi connectivity index (χ3n) is 1.93. The lowest BCUT2D eigenvalue weighted by Gasteiger charge is -2.01. The molecule has 0 aliphatic heterocycles. The minimum absolute atomic E-state index is 0.367. The van der Waals surface area contributed by atoms with Gasteiger partial charge in [0, 0.05) is 21.0 Å². The van der Waals surface area contributed by atoms with Gasteiger partial charge in [-0.15, -0.1) is 0 Å². The van der Waals surface area contributed by atoms with Crippen LogP contribution in [0, 0.1) is 10.1 Å². The van der Waals surface area contributed by atoms with Gasteiger partial charge in [-0.2, -0.15) is 4.68 Å². The highest BCUT2D eigenvalue weighted by Gasteiger charge is 2.18. The van der Waals surface area contributed by atoms with Gasteiger partial charge in [-0.25, -0.2) is 0 Å². The van der Waals surface area contributed by atoms with Crippen LogP contribution in [0.2, 0.25) is 0 Å². The lowest BCUT2D eigenvalue weighted by atomic mass is 10.4. The van der Waals surface area contributed by atoms with Crippen molar-refractivity contribution in [3.05, 3.63) is 14.8 Å². The largest absolute Gasteiger partial charge is 0.492 e. The predicted molar refractivity (Wildman–Crippen MR) is 62.2 cm³/mol. The molecule has 7 nitrogen and oxygen atoms in total. The fourth-order valence-corrected chi connectivity index (χ4v) is 1.60. The smallest absolute Gasteiger partial charge is 0.390 e. The summed E-state index contributed by atoms with van der Waals surface area (Å²) in [5.41, 5.74) is 0. The van der Waals surface area contributed by atoms with Crippen molar-refractivity contribution in [1.82, 2.24) is 20.1 Å². The Morgan fingerprint density at radius 1 is 1.56 bits per heavy atom. The lowest BCUT2D eigenvalue weighted by molar-refractivity contribution is -0.394. The van der Waals surface area contributed by atoms with Crippen molar-refractivity contribution < 1.29 is 4.92 Å². The van der Waals surface area contributed by atoms with E-state index in [1.54, 1.807) is 0 Å². The minimum atomic E-state index is -0.601. The molecule has 0 atom stereocenters. The molecule has 0 spiro atoms. The van der Waals surface area contributed by atoms with Gasteiger partial charge in [0.15, 0.2) is 0 Å². The van der Waals surface area contributed by atoms with Crippen molar-refractivity contribution in [2.24, 2.45) is 0 Å². The van der Waals surface area contributed by atoms with E-state index >= 15 is 0 Å². The Morgan fingerprint density at radius 3 is 2.88 bits per heavy atom. The Labute approximate surface area is 102 Å². The summed E-state index contributed by atoms with van der Waals surface area (Å²) in [6, 6.07) is 0. The standard InChI is InChI=1S/C8H14BrN5O2/c1-2-4-10-5-3-6-13-7(9)11-8(12-13)14(15)16/h10H,2-6H2,1H3. The molecule has 1 heterocycles. The second kappa shape index (κ2) is 6.54. The SMILES string of the molecule is CCCNCCCn1nc([N+](=O)[O-])nc1Br. The van der Waals surface area contributed by atoms with Gasteiger partial charge in [0.1, 0.15) is 0 Å².